The molecule has 3 N–H and O–H groups in total. The predicted molar refractivity (Wildman–Crippen MR) is 130 cm³/mol. The van der Waals surface area contributed by atoms with E-state index in [2.05, 4.69) is 10.3 Å². The molecule has 7 heteroatoms. The van der Waals surface area contributed by atoms with Gasteiger partial charge in [-0.25, -0.2) is 5.48 Å². The molecule has 1 aliphatic rings. The highest BCUT2D eigenvalue weighted by molar-refractivity contribution is 5.95. The zero-order valence-corrected chi connectivity index (χ0v) is 19.6. The summed E-state index contributed by atoms with van der Waals surface area (Å²) in [5, 5.41) is 13.1. The molecule has 1 atom stereocenters. The number of hydroxylamine groups is 1. The first-order chi connectivity index (χ1) is 16.4. The number of aryl methyl sites for hydroxylation is 1. The maximum absolute atomic E-state index is 12.7. The lowest BCUT2D eigenvalue weighted by Crippen LogP contribution is -2.48. The molecule has 3 aromatic rings. The number of hydrogen-bond acceptors (Lipinski definition) is 5. The number of carbonyl (C=O) groups excluding carboxylic acids is 2. The molecular weight excluding hydrogens is 430 g/mol. The minimum absolute atomic E-state index is 0.196. The second kappa shape index (κ2) is 10.2. The molecule has 0 bridgehead atoms. The van der Waals surface area contributed by atoms with Gasteiger partial charge in [-0.1, -0.05) is 37.5 Å². The Bertz CT molecular complexity index is 1170. The van der Waals surface area contributed by atoms with Crippen molar-refractivity contribution < 1.29 is 19.5 Å². The molecule has 0 radical (unpaired) electrons. The lowest BCUT2D eigenvalue weighted by molar-refractivity contribution is -0.141. The van der Waals surface area contributed by atoms with Crippen molar-refractivity contribution in [1.82, 2.24) is 15.8 Å². The van der Waals surface area contributed by atoms with Gasteiger partial charge in [0.25, 0.3) is 11.8 Å². The molecule has 0 spiro atoms. The van der Waals surface area contributed by atoms with Gasteiger partial charge in [0.05, 0.1) is 10.9 Å². The molecule has 4 rings (SSSR count). The van der Waals surface area contributed by atoms with E-state index < -0.39 is 11.3 Å². The SMILES string of the molecule is Cc1cc(C(C)Oc2ccc(C(=O)NCC3(C(=O)NO)CCCCC3)cc2)c2ccccc2n1. The molecule has 7 nitrogen and oxygen atoms in total. The summed E-state index contributed by atoms with van der Waals surface area (Å²) in [7, 11) is 0. The van der Waals surface area contributed by atoms with Crippen LogP contribution in [0.15, 0.2) is 54.6 Å². The first-order valence-electron chi connectivity index (χ1n) is 11.8. The Hall–Kier alpha value is -3.45. The minimum atomic E-state index is -0.757. The van der Waals surface area contributed by atoms with Gasteiger partial charge in [-0.05, 0) is 63.1 Å². The summed E-state index contributed by atoms with van der Waals surface area (Å²) in [6.07, 6.45) is 3.96. The molecule has 178 valence electrons. The van der Waals surface area contributed by atoms with Crippen molar-refractivity contribution in [2.24, 2.45) is 5.41 Å². The molecule has 0 saturated heterocycles. The van der Waals surface area contributed by atoms with Crippen LogP contribution < -0.4 is 15.5 Å². The number of amides is 2. The fourth-order valence-corrected chi connectivity index (χ4v) is 4.81. The first kappa shape index (κ1) is 23.7. The van der Waals surface area contributed by atoms with Crippen LogP contribution in [-0.4, -0.2) is 28.6 Å². The average molecular weight is 462 g/mol. The highest BCUT2D eigenvalue weighted by atomic mass is 16.5. The maximum atomic E-state index is 12.7. The predicted octanol–water partition coefficient (Wildman–Crippen LogP) is 4.87. The highest BCUT2D eigenvalue weighted by Crippen LogP contribution is 2.36. The third-order valence-corrected chi connectivity index (χ3v) is 6.72. The van der Waals surface area contributed by atoms with E-state index in [1.807, 2.05) is 44.2 Å². The van der Waals surface area contributed by atoms with Crippen molar-refractivity contribution in [1.29, 1.82) is 0 Å². The van der Waals surface area contributed by atoms with E-state index in [1.165, 1.54) is 0 Å². The number of pyridine rings is 1. The number of nitrogens with one attached hydrogen (secondary N) is 2. The molecule has 2 amide bonds. The van der Waals surface area contributed by atoms with E-state index in [0.29, 0.717) is 24.2 Å². The summed E-state index contributed by atoms with van der Waals surface area (Å²) in [5.74, 6) is -0.0267. The van der Waals surface area contributed by atoms with Gasteiger partial charge in [0, 0.05) is 28.8 Å². The summed E-state index contributed by atoms with van der Waals surface area (Å²) in [5.41, 5.74) is 4.44. The van der Waals surface area contributed by atoms with Crippen molar-refractivity contribution >= 4 is 22.7 Å². The number of fused-ring (bicyclic) bond motifs is 1. The van der Waals surface area contributed by atoms with Gasteiger partial charge in [0.1, 0.15) is 11.9 Å². The topological polar surface area (TPSA) is 101 Å². The van der Waals surface area contributed by atoms with Crippen LogP contribution in [0.3, 0.4) is 0 Å². The summed E-state index contributed by atoms with van der Waals surface area (Å²) in [4.78, 5) is 29.6. The smallest absolute Gasteiger partial charge is 0.251 e. The molecule has 2 aromatic carbocycles. The Kier molecular flexibility index (Phi) is 7.12. The van der Waals surface area contributed by atoms with Gasteiger partial charge in [-0.2, -0.15) is 0 Å². The number of ether oxygens (including phenoxy) is 1. The van der Waals surface area contributed by atoms with E-state index in [-0.39, 0.29) is 18.6 Å². The van der Waals surface area contributed by atoms with E-state index in [0.717, 1.165) is 41.4 Å². The summed E-state index contributed by atoms with van der Waals surface area (Å²) < 4.78 is 6.18. The molecule has 34 heavy (non-hydrogen) atoms. The van der Waals surface area contributed by atoms with Crippen molar-refractivity contribution in [3.05, 3.63) is 71.4 Å². The molecule has 1 unspecified atom stereocenters. The fraction of sp³-hybridized carbons (Fsp3) is 0.370. The van der Waals surface area contributed by atoms with Crippen LogP contribution in [0.5, 0.6) is 5.75 Å². The number of para-hydroxylation sites is 1. The molecule has 1 heterocycles. The Balaban J connectivity index is 1.42. The molecule has 0 aliphatic heterocycles. The van der Waals surface area contributed by atoms with E-state index in [9.17, 15) is 9.59 Å². The van der Waals surface area contributed by atoms with Crippen LogP contribution in [0.4, 0.5) is 0 Å². The fourth-order valence-electron chi connectivity index (χ4n) is 4.81. The standard InChI is InChI=1S/C27H31N3O4/c1-18-16-23(22-8-4-5-9-24(22)29-18)19(2)34-21-12-10-20(11-13-21)25(31)28-17-27(26(32)30-33)14-6-3-7-15-27/h4-5,8-13,16,19,33H,3,6-7,14-15,17H2,1-2H3,(H,28,31)(H,30,32). The number of nitrogens with zero attached hydrogens (tertiary/aromatic N) is 1. The van der Waals surface area contributed by atoms with Gasteiger partial charge in [-0.3, -0.25) is 19.8 Å². The molecule has 1 aliphatic carbocycles. The van der Waals surface area contributed by atoms with E-state index in [1.54, 1.807) is 29.7 Å². The monoisotopic (exact) mass is 461 g/mol. The van der Waals surface area contributed by atoms with Crippen LogP contribution >= 0.6 is 0 Å². The van der Waals surface area contributed by atoms with E-state index >= 15 is 0 Å². The lowest BCUT2D eigenvalue weighted by atomic mass is 9.73. The number of hydrogen-bond donors (Lipinski definition) is 3. The van der Waals surface area contributed by atoms with Crippen molar-refractivity contribution in [3.63, 3.8) is 0 Å². The first-order valence-corrected chi connectivity index (χ1v) is 11.8. The number of aromatic nitrogens is 1. The molecule has 1 aromatic heterocycles. The zero-order valence-electron chi connectivity index (χ0n) is 19.6. The maximum Gasteiger partial charge on any atom is 0.251 e. The van der Waals surface area contributed by atoms with E-state index in [4.69, 9.17) is 9.94 Å². The van der Waals surface area contributed by atoms with Crippen molar-refractivity contribution in [3.8, 4) is 5.75 Å². The minimum Gasteiger partial charge on any atom is -0.486 e. The largest absolute Gasteiger partial charge is 0.486 e. The number of rotatable bonds is 7. The van der Waals surface area contributed by atoms with Crippen molar-refractivity contribution in [2.45, 2.75) is 52.1 Å². The Morgan fingerprint density at radius 2 is 1.79 bits per heavy atom. The van der Waals surface area contributed by atoms with Gasteiger partial charge in [0.15, 0.2) is 0 Å². The molecule has 1 fully saturated rings. The Morgan fingerprint density at radius 1 is 1.09 bits per heavy atom. The van der Waals surface area contributed by atoms with Crippen LogP contribution in [0.1, 0.15) is 66.7 Å². The second-order valence-electron chi connectivity index (χ2n) is 9.12. The Morgan fingerprint density at radius 3 is 2.50 bits per heavy atom. The van der Waals surface area contributed by atoms with Crippen molar-refractivity contribution in [2.75, 3.05) is 6.54 Å². The van der Waals surface area contributed by atoms with Crippen LogP contribution in [0.25, 0.3) is 10.9 Å². The number of benzene rings is 2. The van der Waals surface area contributed by atoms with Gasteiger partial charge < -0.3 is 10.1 Å². The second-order valence-corrected chi connectivity index (χ2v) is 9.12. The third kappa shape index (κ3) is 5.04. The summed E-state index contributed by atoms with van der Waals surface area (Å²) in [6.45, 7) is 4.16. The van der Waals surface area contributed by atoms with Gasteiger partial charge in [0.2, 0.25) is 0 Å². The number of carbonyl (C=O) groups is 2. The molecule has 1 saturated carbocycles. The van der Waals surface area contributed by atoms with Crippen LogP contribution in [-0.2, 0) is 4.79 Å². The zero-order chi connectivity index (χ0) is 24.1. The quantitative estimate of drug-likeness (QED) is 0.344. The summed E-state index contributed by atoms with van der Waals surface area (Å²) >= 11 is 0. The van der Waals surface area contributed by atoms with Crippen LogP contribution in [0, 0.1) is 12.3 Å². The van der Waals surface area contributed by atoms with Gasteiger partial charge in [-0.15, -0.1) is 0 Å². The lowest BCUT2D eigenvalue weighted by Gasteiger charge is -2.35. The third-order valence-electron chi connectivity index (χ3n) is 6.72. The van der Waals surface area contributed by atoms with Crippen LogP contribution in [0.2, 0.25) is 0 Å². The normalized spacial score (nSPS) is 16.0. The molecular formula is C27H31N3O4. The van der Waals surface area contributed by atoms with Gasteiger partial charge >= 0.3 is 0 Å². The Labute approximate surface area is 199 Å². The average Bonchev–Trinajstić information content (AvgIpc) is 2.87. The highest BCUT2D eigenvalue weighted by Gasteiger charge is 2.39. The summed E-state index contributed by atoms with van der Waals surface area (Å²) in [6, 6.07) is 17.0.